The van der Waals surface area contributed by atoms with Crippen LogP contribution >= 0.6 is 0 Å². The fourth-order valence-electron chi connectivity index (χ4n) is 6.10. The van der Waals surface area contributed by atoms with Crippen LogP contribution in [-0.2, 0) is 11.0 Å². The molecule has 1 saturated carbocycles. The van der Waals surface area contributed by atoms with E-state index in [2.05, 4.69) is 20.6 Å². The highest BCUT2D eigenvalue weighted by atomic mass is 19.4. The Morgan fingerprint density at radius 2 is 1.88 bits per heavy atom. The number of benzene rings is 1. The van der Waals surface area contributed by atoms with Crippen molar-refractivity contribution in [3.63, 3.8) is 0 Å². The van der Waals surface area contributed by atoms with Crippen LogP contribution in [0.4, 0.5) is 24.8 Å². The molecule has 3 aromatic heterocycles. The van der Waals surface area contributed by atoms with E-state index in [1.807, 2.05) is 15.5 Å². The Morgan fingerprint density at radius 3 is 2.62 bits per heavy atom. The van der Waals surface area contributed by atoms with Crippen molar-refractivity contribution in [3.05, 3.63) is 71.9 Å². The van der Waals surface area contributed by atoms with Gasteiger partial charge in [0.15, 0.2) is 0 Å². The van der Waals surface area contributed by atoms with Gasteiger partial charge in [0.1, 0.15) is 28.7 Å². The van der Waals surface area contributed by atoms with E-state index < -0.39 is 17.6 Å². The van der Waals surface area contributed by atoms with E-state index in [1.54, 1.807) is 30.5 Å². The molecule has 1 aromatic carbocycles. The number of imidazole rings is 1. The summed E-state index contributed by atoms with van der Waals surface area (Å²) in [6.45, 7) is 1.39. The Morgan fingerprint density at radius 1 is 1.10 bits per heavy atom. The molecule has 0 radical (unpaired) electrons. The van der Waals surface area contributed by atoms with Gasteiger partial charge >= 0.3 is 6.18 Å². The Hall–Kier alpha value is -4.52. The number of pyridine rings is 1. The predicted octanol–water partition coefficient (Wildman–Crippen LogP) is 3.86. The van der Waals surface area contributed by atoms with Crippen molar-refractivity contribution in [3.8, 4) is 11.3 Å². The monoisotopic (exact) mass is 576 g/mol. The van der Waals surface area contributed by atoms with E-state index in [9.17, 15) is 22.8 Å². The number of amides is 2. The van der Waals surface area contributed by atoms with E-state index >= 15 is 0 Å². The maximum absolute atomic E-state index is 13.2. The number of nitrogens with one attached hydrogen (secondary N) is 2. The van der Waals surface area contributed by atoms with E-state index in [4.69, 9.17) is 10.7 Å². The van der Waals surface area contributed by atoms with Gasteiger partial charge in [-0.1, -0.05) is 12.1 Å². The number of nitrogens with two attached hydrogens (primary N) is 1. The minimum absolute atomic E-state index is 0.00663. The second-order valence-electron chi connectivity index (χ2n) is 11.2. The summed E-state index contributed by atoms with van der Waals surface area (Å²) < 4.78 is 41.0. The lowest BCUT2D eigenvalue weighted by atomic mass is 9.89. The first-order chi connectivity index (χ1) is 20.1. The van der Waals surface area contributed by atoms with Crippen molar-refractivity contribution in [1.29, 1.82) is 0 Å². The van der Waals surface area contributed by atoms with Crippen LogP contribution in [0.15, 0.2) is 55.0 Å². The third-order valence-electron chi connectivity index (χ3n) is 8.53. The van der Waals surface area contributed by atoms with Crippen LogP contribution in [-0.4, -0.2) is 60.7 Å². The number of carbonyl (C=O) groups is 2. The SMILES string of the molecule is Nc1nccn2c([C@@H]3CC[C@H]4CNC5(CC5)C(=O)N4C3)nc(-c3ccc(C(=O)Nc4cc(C(F)(F)F)ccn4)cc3)c12. The Kier molecular flexibility index (Phi) is 5.98. The second-order valence-corrected chi connectivity index (χ2v) is 11.2. The Bertz CT molecular complexity index is 1710. The van der Waals surface area contributed by atoms with Crippen LogP contribution in [0.25, 0.3) is 16.8 Å². The van der Waals surface area contributed by atoms with Crippen molar-refractivity contribution >= 4 is 29.0 Å². The molecule has 3 aliphatic rings. The van der Waals surface area contributed by atoms with Gasteiger partial charge < -0.3 is 21.3 Å². The zero-order valence-electron chi connectivity index (χ0n) is 22.4. The molecule has 2 amide bonds. The van der Waals surface area contributed by atoms with Crippen LogP contribution in [0.1, 0.15) is 53.3 Å². The minimum atomic E-state index is -4.55. The number of rotatable bonds is 4. The van der Waals surface area contributed by atoms with E-state index in [-0.39, 0.29) is 34.8 Å². The topological polar surface area (TPSA) is 131 Å². The number of halogens is 3. The number of hydrogen-bond acceptors (Lipinski definition) is 7. The summed E-state index contributed by atoms with van der Waals surface area (Å²) in [6.07, 6.45) is 3.37. The summed E-state index contributed by atoms with van der Waals surface area (Å²) in [4.78, 5) is 41.1. The van der Waals surface area contributed by atoms with E-state index in [0.717, 1.165) is 56.4 Å². The number of piperidine rings is 1. The first kappa shape index (κ1) is 26.4. The molecule has 2 atom stereocenters. The van der Waals surface area contributed by atoms with Gasteiger partial charge in [-0.25, -0.2) is 15.0 Å². The molecule has 2 aliphatic heterocycles. The van der Waals surface area contributed by atoms with Gasteiger partial charge in [0.25, 0.3) is 5.91 Å². The third-order valence-corrected chi connectivity index (χ3v) is 8.53. The lowest BCUT2D eigenvalue weighted by Crippen LogP contribution is -2.63. The molecular formula is C29H27F3N8O2. The first-order valence-corrected chi connectivity index (χ1v) is 13.8. The molecule has 3 fully saturated rings. The maximum Gasteiger partial charge on any atom is 0.416 e. The van der Waals surface area contributed by atoms with Crippen molar-refractivity contribution in [2.24, 2.45) is 0 Å². The van der Waals surface area contributed by atoms with Crippen LogP contribution in [0.5, 0.6) is 0 Å². The number of alkyl halides is 3. The molecule has 42 heavy (non-hydrogen) atoms. The number of piperazine rings is 1. The van der Waals surface area contributed by atoms with Gasteiger partial charge in [-0.15, -0.1) is 0 Å². The van der Waals surface area contributed by atoms with Crippen LogP contribution in [0.3, 0.4) is 0 Å². The highest BCUT2D eigenvalue weighted by Gasteiger charge is 2.56. The predicted molar refractivity (Wildman–Crippen MR) is 147 cm³/mol. The maximum atomic E-state index is 13.2. The van der Waals surface area contributed by atoms with Crippen molar-refractivity contribution < 1.29 is 22.8 Å². The number of nitrogens with zero attached hydrogens (tertiary/aromatic N) is 5. The molecule has 13 heteroatoms. The number of anilines is 2. The van der Waals surface area contributed by atoms with Crippen molar-refractivity contribution in [2.75, 3.05) is 24.1 Å². The third kappa shape index (κ3) is 4.44. The lowest BCUT2D eigenvalue weighted by molar-refractivity contribution is -0.142. The second kappa shape index (κ2) is 9.51. The van der Waals surface area contributed by atoms with Gasteiger partial charge in [0, 0.05) is 54.8 Å². The number of nitrogen functional groups attached to an aromatic ring is 1. The zero-order chi connectivity index (χ0) is 29.2. The summed E-state index contributed by atoms with van der Waals surface area (Å²) in [6, 6.07) is 8.35. The molecule has 10 nitrogen and oxygen atoms in total. The molecule has 4 aromatic rings. The molecule has 216 valence electrons. The highest BCUT2D eigenvalue weighted by Crippen LogP contribution is 2.43. The lowest BCUT2D eigenvalue weighted by Gasteiger charge is -2.45. The zero-order valence-corrected chi connectivity index (χ0v) is 22.4. The molecular weight excluding hydrogens is 549 g/mol. The molecule has 1 spiro atoms. The molecule has 1 aliphatic carbocycles. The van der Waals surface area contributed by atoms with Crippen molar-refractivity contribution in [2.45, 2.75) is 49.4 Å². The van der Waals surface area contributed by atoms with E-state index in [0.29, 0.717) is 29.1 Å². The van der Waals surface area contributed by atoms with Gasteiger partial charge in [-0.05, 0) is 49.9 Å². The van der Waals surface area contributed by atoms with Crippen LogP contribution < -0.4 is 16.4 Å². The summed E-state index contributed by atoms with van der Waals surface area (Å²) in [5, 5.41) is 5.87. The van der Waals surface area contributed by atoms with Gasteiger partial charge in [0.2, 0.25) is 5.91 Å². The number of aromatic nitrogens is 4. The highest BCUT2D eigenvalue weighted by molar-refractivity contribution is 6.04. The summed E-state index contributed by atoms with van der Waals surface area (Å²) in [5.74, 6) is 0.476. The van der Waals surface area contributed by atoms with E-state index in [1.165, 1.54) is 0 Å². The Balaban J connectivity index is 1.16. The van der Waals surface area contributed by atoms with Crippen LogP contribution in [0.2, 0.25) is 0 Å². The minimum Gasteiger partial charge on any atom is -0.382 e. The number of fused-ring (bicyclic) bond motifs is 2. The molecule has 5 heterocycles. The van der Waals surface area contributed by atoms with Gasteiger partial charge in [-0.2, -0.15) is 13.2 Å². The number of hydrogen-bond donors (Lipinski definition) is 3. The first-order valence-electron chi connectivity index (χ1n) is 13.8. The molecule has 0 bridgehead atoms. The fraction of sp³-hybridized carbons (Fsp3) is 0.345. The number of carbonyl (C=O) groups excluding carboxylic acids is 2. The summed E-state index contributed by atoms with van der Waals surface area (Å²) in [7, 11) is 0. The average Bonchev–Trinajstić information content (AvgIpc) is 3.66. The van der Waals surface area contributed by atoms with Crippen LogP contribution in [0, 0.1) is 0 Å². The summed E-state index contributed by atoms with van der Waals surface area (Å²) in [5.41, 5.74) is 7.19. The molecule has 2 saturated heterocycles. The standard InChI is InChI=1S/C29H27F3N8O2/c30-29(31,32)19-7-10-34-21(13-19)37-26(41)17-3-1-16(2-4-17)22-23-24(33)35-11-12-39(23)25(38-22)18-5-6-20-14-36-28(8-9-28)27(42)40(20)15-18/h1-4,7,10-13,18,20,36H,5-6,8-9,14-15H2,(H2,33,35)(H,34,37,41)/t18-,20+/m1/s1. The smallest absolute Gasteiger partial charge is 0.382 e. The normalized spacial score (nSPS) is 21.4. The Labute approximate surface area is 238 Å². The largest absolute Gasteiger partial charge is 0.416 e. The summed E-state index contributed by atoms with van der Waals surface area (Å²) >= 11 is 0. The van der Waals surface area contributed by atoms with Gasteiger partial charge in [-0.3, -0.25) is 14.0 Å². The molecule has 0 unspecified atom stereocenters. The quantitative estimate of drug-likeness (QED) is 0.336. The average molecular weight is 577 g/mol. The molecule has 7 rings (SSSR count). The fourth-order valence-corrected chi connectivity index (χ4v) is 6.10. The molecule has 4 N–H and O–H groups in total. The van der Waals surface area contributed by atoms with Crippen molar-refractivity contribution in [1.82, 2.24) is 29.6 Å². The van der Waals surface area contributed by atoms with Gasteiger partial charge in [0.05, 0.1) is 11.1 Å².